The molecule has 19 heavy (non-hydrogen) atoms. The van der Waals surface area contributed by atoms with Crippen molar-refractivity contribution in [3.63, 3.8) is 0 Å². The van der Waals surface area contributed by atoms with Crippen LogP contribution in [0.25, 0.3) is 0 Å². The van der Waals surface area contributed by atoms with Gasteiger partial charge in [0.05, 0.1) is 17.1 Å². The summed E-state index contributed by atoms with van der Waals surface area (Å²) in [5.74, 6) is 0. The quantitative estimate of drug-likeness (QED) is 0.746. The lowest BCUT2D eigenvalue weighted by Crippen LogP contribution is -2.08. The first-order valence-corrected chi connectivity index (χ1v) is 7.57. The maximum atomic E-state index is 4.62. The summed E-state index contributed by atoms with van der Waals surface area (Å²) in [5, 5.41) is 0. The van der Waals surface area contributed by atoms with Crippen molar-refractivity contribution in [1.82, 2.24) is 0 Å². The number of rotatable bonds is 3. The van der Waals surface area contributed by atoms with Crippen molar-refractivity contribution >= 4 is 28.9 Å². The molecule has 0 saturated carbocycles. The molecule has 0 atom stereocenters. The van der Waals surface area contributed by atoms with E-state index in [4.69, 9.17) is 0 Å². The fourth-order valence-electron chi connectivity index (χ4n) is 1.77. The highest BCUT2D eigenvalue weighted by Gasteiger charge is 2.10. The Balaban J connectivity index is 2.29. The van der Waals surface area contributed by atoms with Gasteiger partial charge in [-0.3, -0.25) is 4.99 Å². The molecular weight excluding hydrogens is 252 g/mol. The maximum Gasteiger partial charge on any atom is 0.0714 e. The second-order valence-electron chi connectivity index (χ2n) is 4.53. The zero-order chi connectivity index (χ0) is 13.7. The minimum absolute atomic E-state index is 0.308. The van der Waals surface area contributed by atoms with Gasteiger partial charge in [0.1, 0.15) is 0 Å². The monoisotopic (exact) mass is 270 g/mol. The molecule has 0 amide bonds. The summed E-state index contributed by atoms with van der Waals surface area (Å²) >= 11 is 1.71. The molecule has 0 spiro atoms. The number of nitrogens with zero attached hydrogens (tertiary/aromatic N) is 2. The Morgan fingerprint density at radius 1 is 1.05 bits per heavy atom. The van der Waals surface area contributed by atoms with Gasteiger partial charge in [0, 0.05) is 10.9 Å². The van der Waals surface area contributed by atoms with Crippen molar-refractivity contribution < 1.29 is 0 Å². The number of allylic oxidation sites excluding steroid dienone is 4. The zero-order valence-corrected chi connectivity index (χ0v) is 12.3. The van der Waals surface area contributed by atoms with Crippen LogP contribution in [0.4, 0.5) is 5.69 Å². The SMILES string of the molecule is CSC1=CC(=N/c2ccccc2)/C=CC/1=N/C(C)C. The first-order chi connectivity index (χ1) is 9.19. The summed E-state index contributed by atoms with van der Waals surface area (Å²) < 4.78 is 0. The van der Waals surface area contributed by atoms with Crippen molar-refractivity contribution in [3.8, 4) is 0 Å². The number of benzene rings is 1. The lowest BCUT2D eigenvalue weighted by molar-refractivity contribution is 0.838. The molecule has 0 radical (unpaired) electrons. The molecule has 0 aliphatic heterocycles. The van der Waals surface area contributed by atoms with Crippen LogP contribution in [0.1, 0.15) is 13.8 Å². The number of para-hydroxylation sites is 1. The minimum atomic E-state index is 0.308. The molecule has 0 bridgehead atoms. The van der Waals surface area contributed by atoms with E-state index in [-0.39, 0.29) is 0 Å². The summed E-state index contributed by atoms with van der Waals surface area (Å²) in [7, 11) is 0. The van der Waals surface area contributed by atoms with Crippen LogP contribution >= 0.6 is 11.8 Å². The van der Waals surface area contributed by atoms with E-state index in [9.17, 15) is 0 Å². The van der Waals surface area contributed by atoms with Crippen LogP contribution in [-0.4, -0.2) is 23.7 Å². The molecule has 1 aromatic rings. The molecule has 0 heterocycles. The van der Waals surface area contributed by atoms with Crippen LogP contribution in [-0.2, 0) is 0 Å². The molecule has 0 unspecified atom stereocenters. The van der Waals surface area contributed by atoms with E-state index in [0.29, 0.717) is 6.04 Å². The smallest absolute Gasteiger partial charge is 0.0714 e. The van der Waals surface area contributed by atoms with Crippen LogP contribution in [0.3, 0.4) is 0 Å². The summed E-state index contributed by atoms with van der Waals surface area (Å²) in [5.41, 5.74) is 3.00. The standard InChI is InChI=1S/C16H18N2S/c1-12(2)17-15-10-9-14(11-16(15)19-3)18-13-7-5-4-6-8-13/h4-12H,1-3H3/b17-15-,18-14+. The van der Waals surface area contributed by atoms with E-state index in [1.807, 2.05) is 42.5 Å². The summed E-state index contributed by atoms with van der Waals surface area (Å²) in [4.78, 5) is 10.4. The first-order valence-electron chi connectivity index (χ1n) is 6.34. The third kappa shape index (κ3) is 3.93. The Kier molecular flexibility index (Phi) is 4.74. The molecule has 0 N–H and O–H groups in total. The van der Waals surface area contributed by atoms with E-state index in [0.717, 1.165) is 17.1 Å². The average molecular weight is 270 g/mol. The maximum absolute atomic E-state index is 4.62. The van der Waals surface area contributed by atoms with Crippen molar-refractivity contribution in [1.29, 1.82) is 0 Å². The highest BCUT2D eigenvalue weighted by molar-refractivity contribution is 8.03. The minimum Gasteiger partial charge on any atom is -0.281 e. The van der Waals surface area contributed by atoms with Gasteiger partial charge in [-0.15, -0.1) is 11.8 Å². The summed E-state index contributed by atoms with van der Waals surface area (Å²) in [6.45, 7) is 4.18. The average Bonchev–Trinajstić information content (AvgIpc) is 2.41. The van der Waals surface area contributed by atoms with Crippen molar-refractivity contribution in [2.45, 2.75) is 19.9 Å². The second-order valence-corrected chi connectivity index (χ2v) is 5.37. The Morgan fingerprint density at radius 3 is 2.42 bits per heavy atom. The van der Waals surface area contributed by atoms with Crippen molar-refractivity contribution in [3.05, 3.63) is 53.5 Å². The molecule has 3 heteroatoms. The van der Waals surface area contributed by atoms with Gasteiger partial charge in [-0.05, 0) is 50.5 Å². The van der Waals surface area contributed by atoms with Gasteiger partial charge >= 0.3 is 0 Å². The number of hydrogen-bond acceptors (Lipinski definition) is 3. The summed E-state index contributed by atoms with van der Waals surface area (Å²) in [6.07, 6.45) is 8.24. The van der Waals surface area contributed by atoms with Crippen LogP contribution in [0.5, 0.6) is 0 Å². The third-order valence-corrected chi connectivity index (χ3v) is 3.34. The van der Waals surface area contributed by atoms with Gasteiger partial charge in [0.2, 0.25) is 0 Å². The molecule has 2 nitrogen and oxygen atoms in total. The highest BCUT2D eigenvalue weighted by atomic mass is 32.2. The Morgan fingerprint density at radius 2 is 1.79 bits per heavy atom. The predicted octanol–water partition coefficient (Wildman–Crippen LogP) is 4.43. The molecule has 1 aliphatic rings. The molecule has 2 rings (SSSR count). The van der Waals surface area contributed by atoms with Crippen LogP contribution in [0, 0.1) is 0 Å². The van der Waals surface area contributed by atoms with Crippen LogP contribution in [0.15, 0.2) is 63.4 Å². The van der Waals surface area contributed by atoms with E-state index >= 15 is 0 Å². The molecule has 0 fully saturated rings. The topological polar surface area (TPSA) is 24.7 Å². The highest BCUT2D eigenvalue weighted by Crippen LogP contribution is 2.21. The zero-order valence-electron chi connectivity index (χ0n) is 11.5. The Hall–Kier alpha value is -1.61. The second kappa shape index (κ2) is 6.53. The Bertz CT molecular complexity index is 551. The fraction of sp³-hybridized carbons (Fsp3) is 0.250. The predicted molar refractivity (Wildman–Crippen MR) is 86.8 cm³/mol. The van der Waals surface area contributed by atoms with E-state index in [2.05, 4.69) is 36.2 Å². The normalized spacial score (nSPS) is 19.3. The van der Waals surface area contributed by atoms with Gasteiger partial charge < -0.3 is 0 Å². The third-order valence-electron chi connectivity index (χ3n) is 2.57. The molecular formula is C16H18N2S. The fourth-order valence-corrected chi connectivity index (χ4v) is 2.34. The van der Waals surface area contributed by atoms with Gasteiger partial charge in [-0.1, -0.05) is 18.2 Å². The molecule has 1 aliphatic carbocycles. The van der Waals surface area contributed by atoms with Gasteiger partial charge in [0.15, 0.2) is 0 Å². The molecule has 98 valence electrons. The molecule has 0 saturated heterocycles. The van der Waals surface area contributed by atoms with Gasteiger partial charge in [0.25, 0.3) is 0 Å². The van der Waals surface area contributed by atoms with E-state index in [1.165, 1.54) is 4.91 Å². The first kappa shape index (κ1) is 13.8. The van der Waals surface area contributed by atoms with Crippen LogP contribution in [0.2, 0.25) is 0 Å². The van der Waals surface area contributed by atoms with E-state index in [1.54, 1.807) is 11.8 Å². The number of thioether (sulfide) groups is 1. The lowest BCUT2D eigenvalue weighted by atomic mass is 10.1. The van der Waals surface area contributed by atoms with Crippen molar-refractivity contribution in [2.24, 2.45) is 9.98 Å². The summed E-state index contributed by atoms with van der Waals surface area (Å²) in [6, 6.07) is 10.3. The molecule has 0 aromatic heterocycles. The van der Waals surface area contributed by atoms with Crippen molar-refractivity contribution in [2.75, 3.05) is 6.26 Å². The largest absolute Gasteiger partial charge is 0.281 e. The van der Waals surface area contributed by atoms with E-state index < -0.39 is 0 Å². The van der Waals surface area contributed by atoms with Crippen LogP contribution < -0.4 is 0 Å². The Labute approximate surface area is 119 Å². The number of aliphatic imine (C=N–C) groups is 2. The number of hydrogen-bond donors (Lipinski definition) is 0. The molecule has 1 aromatic carbocycles. The van der Waals surface area contributed by atoms with Gasteiger partial charge in [-0.2, -0.15) is 0 Å². The van der Waals surface area contributed by atoms with Gasteiger partial charge in [-0.25, -0.2) is 4.99 Å². The lowest BCUT2D eigenvalue weighted by Gasteiger charge is -2.11.